The minimum absolute atomic E-state index is 0.148. The highest BCUT2D eigenvalue weighted by atomic mass is 16.3. The molecular weight excluding hydrogens is 815 g/mol. The zero-order valence-corrected chi connectivity index (χ0v) is 36.7. The summed E-state index contributed by atoms with van der Waals surface area (Å²) in [7, 11) is 0. The highest BCUT2D eigenvalue weighted by Gasteiger charge is 2.33. The fourth-order valence-electron chi connectivity index (χ4n) is 9.87. The standard InChI is InChI=1S/C63H45N3O/c1-6-21-42(22-7-1)54-41-55(48-32-18-31-47(39-48)51-36-20-37-53-52-35-16-17-38-56(52)67-62(51)53)65-63(64-54)50-34-19-33-49(40-50)57-58(43-23-8-2-9-24-43)60(45-27-12-4-13-28-45)66-61(46-29-14-5-15-30-46)59(57)44-25-10-3-11-26-44/h1-41,55,60,66H,(H,64,65). The maximum Gasteiger partial charge on any atom is 0.143 e. The molecule has 318 valence electrons. The first-order chi connectivity index (χ1) is 33.2. The lowest BCUT2D eigenvalue weighted by atomic mass is 9.77. The van der Waals surface area contributed by atoms with Crippen LogP contribution in [0.4, 0.5) is 0 Å². The predicted molar refractivity (Wildman–Crippen MR) is 278 cm³/mol. The average molecular weight is 860 g/mol. The fraction of sp³-hybridized carbons (Fsp3) is 0.0317. The van der Waals surface area contributed by atoms with E-state index in [9.17, 15) is 0 Å². The molecular formula is C63H45N3O. The quantitative estimate of drug-likeness (QED) is 0.152. The second-order valence-corrected chi connectivity index (χ2v) is 17.1. The SMILES string of the molecule is C1=C(c2ccccc2)N=C(c2cccc(C3=C(c4ccccc4)C(c4ccccc4)NC(c4ccccc4)=C3c3ccccc3)c2)NC1c1cccc(-c2cccc3c2oc2ccccc23)c1. The van der Waals surface area contributed by atoms with E-state index in [4.69, 9.17) is 9.41 Å². The lowest BCUT2D eigenvalue weighted by Gasteiger charge is -2.36. The van der Waals surface area contributed by atoms with Crippen LogP contribution in [0.1, 0.15) is 56.6 Å². The van der Waals surface area contributed by atoms with Gasteiger partial charge in [0.2, 0.25) is 0 Å². The maximum absolute atomic E-state index is 6.51. The molecule has 1 aromatic heterocycles. The second-order valence-electron chi connectivity index (χ2n) is 17.1. The number of nitrogens with one attached hydrogen (secondary N) is 2. The first kappa shape index (κ1) is 39.8. The van der Waals surface area contributed by atoms with Crippen molar-refractivity contribution in [3.63, 3.8) is 0 Å². The number of benzene rings is 9. The van der Waals surface area contributed by atoms with Crippen molar-refractivity contribution >= 4 is 55.9 Å². The van der Waals surface area contributed by atoms with Crippen molar-refractivity contribution in [3.8, 4) is 11.1 Å². The number of para-hydroxylation sites is 2. The van der Waals surface area contributed by atoms with E-state index in [-0.39, 0.29) is 12.1 Å². The molecule has 0 aliphatic carbocycles. The molecule has 0 saturated carbocycles. The molecule has 2 aliphatic rings. The highest BCUT2D eigenvalue weighted by molar-refractivity contribution is 6.24. The minimum Gasteiger partial charge on any atom is -0.455 e. The zero-order valence-electron chi connectivity index (χ0n) is 36.7. The summed E-state index contributed by atoms with van der Waals surface area (Å²) >= 11 is 0. The van der Waals surface area contributed by atoms with Gasteiger partial charge in [0, 0.05) is 27.5 Å². The summed E-state index contributed by atoms with van der Waals surface area (Å²) in [6.45, 7) is 0. The first-order valence-corrected chi connectivity index (χ1v) is 22.9. The molecule has 9 aromatic carbocycles. The van der Waals surface area contributed by atoms with Crippen molar-refractivity contribution < 1.29 is 4.42 Å². The first-order valence-electron chi connectivity index (χ1n) is 22.9. The fourth-order valence-corrected chi connectivity index (χ4v) is 9.87. The Hall–Kier alpha value is -8.73. The number of amidine groups is 1. The van der Waals surface area contributed by atoms with Crippen LogP contribution in [0, 0.1) is 0 Å². The van der Waals surface area contributed by atoms with E-state index in [1.807, 2.05) is 12.1 Å². The average Bonchev–Trinajstić information content (AvgIpc) is 3.80. The number of rotatable bonds is 9. The molecule has 0 amide bonds. The molecule has 10 aromatic rings. The Morgan fingerprint density at radius 1 is 0.388 bits per heavy atom. The molecule has 0 fully saturated rings. The molecule has 2 atom stereocenters. The van der Waals surface area contributed by atoms with Gasteiger partial charge in [0.05, 0.1) is 23.5 Å². The number of aliphatic imine (C=N–C) groups is 1. The van der Waals surface area contributed by atoms with Gasteiger partial charge >= 0.3 is 0 Å². The van der Waals surface area contributed by atoms with E-state index in [1.165, 1.54) is 16.7 Å². The van der Waals surface area contributed by atoms with Crippen LogP contribution in [-0.2, 0) is 0 Å². The van der Waals surface area contributed by atoms with E-state index in [2.05, 4.69) is 247 Å². The molecule has 12 rings (SSSR count). The normalized spacial score (nSPS) is 16.1. The smallest absolute Gasteiger partial charge is 0.143 e. The van der Waals surface area contributed by atoms with E-state index in [1.54, 1.807) is 0 Å². The van der Waals surface area contributed by atoms with Gasteiger partial charge < -0.3 is 15.1 Å². The van der Waals surface area contributed by atoms with Crippen LogP contribution in [0.15, 0.2) is 258 Å². The van der Waals surface area contributed by atoms with Gasteiger partial charge in [-0.25, -0.2) is 4.99 Å². The molecule has 0 saturated heterocycles. The van der Waals surface area contributed by atoms with Crippen LogP contribution in [-0.4, -0.2) is 5.84 Å². The lowest BCUT2D eigenvalue weighted by Crippen LogP contribution is -2.31. The third-order valence-electron chi connectivity index (χ3n) is 13.0. The van der Waals surface area contributed by atoms with Gasteiger partial charge in [-0.1, -0.05) is 224 Å². The van der Waals surface area contributed by atoms with E-state index in [0.717, 1.165) is 94.8 Å². The molecule has 0 radical (unpaired) electrons. The molecule has 4 heteroatoms. The summed E-state index contributed by atoms with van der Waals surface area (Å²) in [5.74, 6) is 0.807. The van der Waals surface area contributed by atoms with Crippen molar-refractivity contribution in [1.29, 1.82) is 0 Å². The number of furan rings is 1. The molecule has 2 aliphatic heterocycles. The molecule has 2 unspecified atom stereocenters. The number of dihydropyridines is 1. The number of hydrogen-bond donors (Lipinski definition) is 2. The summed E-state index contributed by atoms with van der Waals surface area (Å²) in [6, 6.07) is 85.9. The van der Waals surface area contributed by atoms with E-state index in [0.29, 0.717) is 0 Å². The summed E-state index contributed by atoms with van der Waals surface area (Å²) in [5.41, 5.74) is 18.4. The van der Waals surface area contributed by atoms with Gasteiger partial charge in [-0.15, -0.1) is 0 Å². The Bertz CT molecular complexity index is 3550. The molecule has 67 heavy (non-hydrogen) atoms. The number of hydrogen-bond acceptors (Lipinski definition) is 4. The monoisotopic (exact) mass is 859 g/mol. The third kappa shape index (κ3) is 7.55. The van der Waals surface area contributed by atoms with Gasteiger partial charge in [0.1, 0.15) is 17.0 Å². The summed E-state index contributed by atoms with van der Waals surface area (Å²) < 4.78 is 6.51. The molecule has 4 nitrogen and oxygen atoms in total. The van der Waals surface area contributed by atoms with Crippen LogP contribution in [0.3, 0.4) is 0 Å². The summed E-state index contributed by atoms with van der Waals surface area (Å²) in [5, 5.41) is 10.3. The molecule has 3 heterocycles. The van der Waals surface area contributed by atoms with Gasteiger partial charge in [-0.3, -0.25) is 0 Å². The predicted octanol–water partition coefficient (Wildman–Crippen LogP) is 15.2. The van der Waals surface area contributed by atoms with Crippen molar-refractivity contribution in [2.24, 2.45) is 4.99 Å². The van der Waals surface area contributed by atoms with Gasteiger partial charge in [-0.05, 0) is 79.9 Å². The van der Waals surface area contributed by atoms with Crippen LogP contribution in [0.25, 0.3) is 61.2 Å². The Balaban J connectivity index is 1.03. The van der Waals surface area contributed by atoms with Crippen molar-refractivity contribution in [2.75, 3.05) is 0 Å². The van der Waals surface area contributed by atoms with E-state index < -0.39 is 0 Å². The Kier molecular flexibility index (Phi) is 10.3. The third-order valence-corrected chi connectivity index (χ3v) is 13.0. The number of fused-ring (bicyclic) bond motifs is 3. The van der Waals surface area contributed by atoms with Crippen LogP contribution < -0.4 is 10.6 Å². The molecule has 0 bridgehead atoms. The molecule has 0 spiro atoms. The highest BCUT2D eigenvalue weighted by Crippen LogP contribution is 2.50. The topological polar surface area (TPSA) is 49.6 Å². The Morgan fingerprint density at radius 2 is 0.940 bits per heavy atom. The number of allylic oxidation sites excluding steroid dienone is 2. The maximum atomic E-state index is 6.51. The zero-order chi connectivity index (χ0) is 44.5. The van der Waals surface area contributed by atoms with E-state index >= 15 is 0 Å². The van der Waals surface area contributed by atoms with Gasteiger partial charge in [0.25, 0.3) is 0 Å². The molecule has 2 N–H and O–H groups in total. The Morgan fingerprint density at radius 3 is 1.69 bits per heavy atom. The Labute approximate surface area is 390 Å². The van der Waals surface area contributed by atoms with Crippen molar-refractivity contribution in [1.82, 2.24) is 10.6 Å². The number of nitrogens with zero attached hydrogens (tertiary/aromatic N) is 1. The second kappa shape index (κ2) is 17.3. The van der Waals surface area contributed by atoms with Crippen LogP contribution >= 0.6 is 0 Å². The van der Waals surface area contributed by atoms with Crippen LogP contribution in [0.2, 0.25) is 0 Å². The van der Waals surface area contributed by atoms with Crippen molar-refractivity contribution in [3.05, 3.63) is 293 Å². The van der Waals surface area contributed by atoms with Gasteiger partial charge in [0.15, 0.2) is 0 Å². The summed E-state index contributed by atoms with van der Waals surface area (Å²) in [6.07, 6.45) is 2.25. The minimum atomic E-state index is -0.175. The lowest BCUT2D eigenvalue weighted by molar-refractivity contribution is 0.670. The van der Waals surface area contributed by atoms with Gasteiger partial charge in [-0.2, -0.15) is 0 Å². The van der Waals surface area contributed by atoms with Crippen molar-refractivity contribution in [2.45, 2.75) is 12.1 Å². The summed E-state index contributed by atoms with van der Waals surface area (Å²) in [4.78, 5) is 5.42. The van der Waals surface area contributed by atoms with Crippen LogP contribution in [0.5, 0.6) is 0 Å². The largest absolute Gasteiger partial charge is 0.455 e.